The van der Waals surface area contributed by atoms with Crippen molar-refractivity contribution in [1.29, 1.82) is 0 Å². The highest BCUT2D eigenvalue weighted by Crippen LogP contribution is 2.40. The number of carbonyl (C=O) groups is 2. The number of rotatable bonds is 2. The van der Waals surface area contributed by atoms with Gasteiger partial charge in [0.15, 0.2) is 0 Å². The van der Waals surface area contributed by atoms with E-state index < -0.39 is 17.7 Å². The van der Waals surface area contributed by atoms with Crippen LogP contribution in [0.2, 0.25) is 0 Å². The molecule has 0 bridgehead atoms. The number of amides is 2. The van der Waals surface area contributed by atoms with Crippen LogP contribution in [0, 0.1) is 12.8 Å². The van der Waals surface area contributed by atoms with Crippen molar-refractivity contribution < 1.29 is 14.3 Å². The van der Waals surface area contributed by atoms with Gasteiger partial charge in [0.1, 0.15) is 11.6 Å². The first kappa shape index (κ1) is 20.4. The van der Waals surface area contributed by atoms with Crippen LogP contribution >= 0.6 is 0 Å². The summed E-state index contributed by atoms with van der Waals surface area (Å²) in [5.41, 5.74) is 0.554. The molecular formula is C21H31N3O4. The Morgan fingerprint density at radius 3 is 2.57 bits per heavy atom. The molecule has 7 heteroatoms. The van der Waals surface area contributed by atoms with Crippen LogP contribution in [0.3, 0.4) is 0 Å². The Hall–Kier alpha value is -2.31. The molecule has 154 valence electrons. The molecule has 0 radical (unpaired) electrons. The lowest BCUT2D eigenvalue weighted by atomic mass is 9.85. The number of fused-ring (bicyclic) bond motifs is 1. The third kappa shape index (κ3) is 4.23. The Labute approximate surface area is 166 Å². The Kier molecular flexibility index (Phi) is 5.55. The van der Waals surface area contributed by atoms with Crippen molar-refractivity contribution in [2.75, 3.05) is 5.32 Å². The second-order valence-electron chi connectivity index (χ2n) is 9.06. The van der Waals surface area contributed by atoms with Crippen molar-refractivity contribution in [3.8, 4) is 0 Å². The number of hydrogen-bond acceptors (Lipinski definition) is 4. The van der Waals surface area contributed by atoms with Crippen molar-refractivity contribution in [3.05, 3.63) is 28.2 Å². The number of likely N-dealkylation sites (tertiary alicyclic amines) is 1. The van der Waals surface area contributed by atoms with Crippen LogP contribution in [-0.2, 0) is 16.6 Å². The van der Waals surface area contributed by atoms with Crippen LogP contribution in [0.4, 0.5) is 10.5 Å². The van der Waals surface area contributed by atoms with Crippen molar-refractivity contribution in [2.24, 2.45) is 13.0 Å². The third-order valence-corrected chi connectivity index (χ3v) is 5.69. The molecule has 2 fully saturated rings. The maximum absolute atomic E-state index is 13.1. The first-order valence-electron chi connectivity index (χ1n) is 10.1. The average molecular weight is 389 g/mol. The van der Waals surface area contributed by atoms with E-state index in [1.807, 2.05) is 20.8 Å². The fourth-order valence-corrected chi connectivity index (χ4v) is 4.34. The van der Waals surface area contributed by atoms with E-state index in [1.165, 1.54) is 10.6 Å². The second-order valence-corrected chi connectivity index (χ2v) is 9.06. The Morgan fingerprint density at radius 2 is 1.89 bits per heavy atom. The normalized spacial score (nSPS) is 24.6. The molecule has 3 rings (SSSR count). The molecule has 3 atom stereocenters. The van der Waals surface area contributed by atoms with Gasteiger partial charge in [-0.1, -0.05) is 12.8 Å². The predicted octanol–water partition coefficient (Wildman–Crippen LogP) is 3.20. The molecule has 2 heterocycles. The summed E-state index contributed by atoms with van der Waals surface area (Å²) < 4.78 is 7.05. The minimum absolute atomic E-state index is 0.0561. The fourth-order valence-electron chi connectivity index (χ4n) is 4.34. The zero-order valence-electron chi connectivity index (χ0n) is 17.4. The third-order valence-electron chi connectivity index (χ3n) is 5.69. The number of ether oxygens (including phenoxy) is 1. The molecule has 1 aliphatic carbocycles. The molecule has 7 nitrogen and oxygen atoms in total. The van der Waals surface area contributed by atoms with Crippen molar-refractivity contribution in [1.82, 2.24) is 9.47 Å². The van der Waals surface area contributed by atoms with E-state index in [0.29, 0.717) is 23.6 Å². The number of hydrogen-bond donors (Lipinski definition) is 1. The zero-order valence-corrected chi connectivity index (χ0v) is 17.4. The topological polar surface area (TPSA) is 80.6 Å². The predicted molar refractivity (Wildman–Crippen MR) is 107 cm³/mol. The van der Waals surface area contributed by atoms with Crippen molar-refractivity contribution >= 4 is 17.7 Å². The lowest BCUT2D eigenvalue weighted by molar-refractivity contribution is -0.120. The first-order valence-corrected chi connectivity index (χ1v) is 10.1. The molecule has 2 amide bonds. The van der Waals surface area contributed by atoms with Crippen LogP contribution in [0.25, 0.3) is 0 Å². The summed E-state index contributed by atoms with van der Waals surface area (Å²) in [5.74, 6) is 0.111. The van der Waals surface area contributed by atoms with Gasteiger partial charge in [-0.25, -0.2) is 4.79 Å². The van der Waals surface area contributed by atoms with E-state index in [2.05, 4.69) is 5.32 Å². The standard InChI is InChI=1S/C21H31N3O4/c1-13-10-18(25)23(5)12-15(13)22-19(26)17-11-14-8-6-7-9-16(14)24(17)20(27)28-21(2,3)4/h10,12,14,16-17H,6-9,11H2,1-5H3,(H,22,26)/t14-,16-,17+/m1/s1. The lowest BCUT2D eigenvalue weighted by Gasteiger charge is -2.34. The van der Waals surface area contributed by atoms with Gasteiger partial charge in [0.25, 0.3) is 5.56 Å². The molecule has 28 heavy (non-hydrogen) atoms. The second kappa shape index (κ2) is 7.60. The van der Waals surface area contributed by atoms with Gasteiger partial charge in [0.05, 0.1) is 5.69 Å². The summed E-state index contributed by atoms with van der Waals surface area (Å²) in [6, 6.07) is 0.996. The van der Waals surface area contributed by atoms with Crippen molar-refractivity contribution in [2.45, 2.75) is 77.5 Å². The monoisotopic (exact) mass is 389 g/mol. The molecular weight excluding hydrogens is 358 g/mol. The highest BCUT2D eigenvalue weighted by molar-refractivity contribution is 5.97. The summed E-state index contributed by atoms with van der Waals surface area (Å²) in [7, 11) is 1.65. The summed E-state index contributed by atoms with van der Waals surface area (Å²) in [6.45, 7) is 7.30. The van der Waals surface area contributed by atoms with Crippen LogP contribution < -0.4 is 10.9 Å². The van der Waals surface area contributed by atoms with Gasteiger partial charge in [-0.3, -0.25) is 14.5 Å². The van der Waals surface area contributed by atoms with E-state index in [4.69, 9.17) is 4.74 Å². The molecule has 0 aromatic carbocycles. The van der Waals surface area contributed by atoms with Crippen LogP contribution in [-0.4, -0.2) is 39.2 Å². The van der Waals surface area contributed by atoms with Gasteiger partial charge < -0.3 is 14.6 Å². The van der Waals surface area contributed by atoms with Crippen LogP contribution in [0.5, 0.6) is 0 Å². The average Bonchev–Trinajstić information content (AvgIpc) is 2.98. The zero-order chi connectivity index (χ0) is 20.6. The Morgan fingerprint density at radius 1 is 1.21 bits per heavy atom. The number of anilines is 1. The van der Waals surface area contributed by atoms with Gasteiger partial charge >= 0.3 is 6.09 Å². The molecule has 2 aliphatic rings. The van der Waals surface area contributed by atoms with Crippen LogP contribution in [0.15, 0.2) is 17.1 Å². The van der Waals surface area contributed by atoms with E-state index in [1.54, 1.807) is 25.1 Å². The maximum atomic E-state index is 13.1. The molecule has 1 aliphatic heterocycles. The van der Waals surface area contributed by atoms with Crippen molar-refractivity contribution in [3.63, 3.8) is 0 Å². The number of aryl methyl sites for hydroxylation is 2. The Bertz CT molecular complexity index is 824. The van der Waals surface area contributed by atoms with Gasteiger partial charge in [-0.05, 0) is 58.4 Å². The number of pyridine rings is 1. The van der Waals surface area contributed by atoms with E-state index in [0.717, 1.165) is 25.7 Å². The minimum atomic E-state index is -0.612. The number of carbonyl (C=O) groups excluding carboxylic acids is 2. The van der Waals surface area contributed by atoms with E-state index >= 15 is 0 Å². The van der Waals surface area contributed by atoms with Crippen LogP contribution in [0.1, 0.15) is 58.4 Å². The molecule has 1 saturated carbocycles. The molecule has 0 spiro atoms. The fraction of sp³-hybridized carbons (Fsp3) is 0.667. The van der Waals surface area contributed by atoms with E-state index in [9.17, 15) is 14.4 Å². The SMILES string of the molecule is Cc1cc(=O)n(C)cc1NC(=O)[C@@H]1C[C@H]2CCCC[C@H]2N1C(=O)OC(C)(C)C. The highest BCUT2D eigenvalue weighted by atomic mass is 16.6. The van der Waals surface area contributed by atoms with E-state index in [-0.39, 0.29) is 17.5 Å². The summed E-state index contributed by atoms with van der Waals surface area (Å²) in [4.78, 5) is 39.5. The number of aromatic nitrogens is 1. The maximum Gasteiger partial charge on any atom is 0.411 e. The molecule has 1 aromatic heterocycles. The van der Waals surface area contributed by atoms with Gasteiger partial charge in [-0.2, -0.15) is 0 Å². The summed E-state index contributed by atoms with van der Waals surface area (Å²) in [5, 5.41) is 2.93. The smallest absolute Gasteiger partial charge is 0.411 e. The molecule has 1 aromatic rings. The van der Waals surface area contributed by atoms with Gasteiger partial charge in [0, 0.05) is 25.4 Å². The highest BCUT2D eigenvalue weighted by Gasteiger charge is 2.48. The summed E-state index contributed by atoms with van der Waals surface area (Å²) >= 11 is 0. The minimum Gasteiger partial charge on any atom is -0.444 e. The lowest BCUT2D eigenvalue weighted by Crippen LogP contribution is -2.49. The Balaban J connectivity index is 1.85. The quantitative estimate of drug-likeness (QED) is 0.842. The summed E-state index contributed by atoms with van der Waals surface area (Å²) in [6.07, 6.45) is 6.00. The molecule has 0 unspecified atom stereocenters. The van der Waals surface area contributed by atoms with Gasteiger partial charge in [0.2, 0.25) is 5.91 Å². The first-order chi connectivity index (χ1) is 13.1. The molecule has 1 saturated heterocycles. The number of nitrogens with zero attached hydrogens (tertiary/aromatic N) is 2. The number of nitrogens with one attached hydrogen (secondary N) is 1. The molecule has 1 N–H and O–H groups in total. The van der Waals surface area contributed by atoms with Gasteiger partial charge in [-0.15, -0.1) is 0 Å². The largest absolute Gasteiger partial charge is 0.444 e.